The molecular weight excluding hydrogens is 430 g/mol. The molecule has 7 nitrogen and oxygen atoms in total. The number of benzene rings is 1. The Morgan fingerprint density at radius 3 is 2.86 bits per heavy atom. The predicted octanol–water partition coefficient (Wildman–Crippen LogP) is 3.70. The van der Waals surface area contributed by atoms with Crippen molar-refractivity contribution in [3.05, 3.63) is 47.0 Å². The number of aliphatic imine (C=N–C) groups is 1. The molecule has 4 rings (SSSR count). The Bertz CT molecular complexity index is 1210. The number of nitrogens with one attached hydrogen (secondary N) is 1. The van der Waals surface area contributed by atoms with E-state index in [1.807, 2.05) is 25.1 Å². The van der Waals surface area contributed by atoms with Crippen molar-refractivity contribution in [3.8, 4) is 0 Å². The SMILES string of the molecule is Cc1cc(N(C)S(=O)(=O)c2cccs2)c2[nH]c(C3=NCC(CC(=O)O)S3)cc2c1. The summed E-state index contributed by atoms with van der Waals surface area (Å²) in [5.74, 6) is -0.839. The van der Waals surface area contributed by atoms with Crippen LogP contribution < -0.4 is 4.31 Å². The van der Waals surface area contributed by atoms with E-state index in [4.69, 9.17) is 5.11 Å². The van der Waals surface area contributed by atoms with Crippen LogP contribution in [-0.2, 0) is 14.8 Å². The molecule has 0 aliphatic carbocycles. The second kappa shape index (κ2) is 7.51. The van der Waals surface area contributed by atoms with Gasteiger partial charge in [-0.25, -0.2) is 8.42 Å². The number of H-pyrrole nitrogens is 1. The summed E-state index contributed by atoms with van der Waals surface area (Å²) >= 11 is 2.62. The molecule has 1 aliphatic heterocycles. The van der Waals surface area contributed by atoms with Crippen LogP contribution in [-0.4, -0.2) is 48.4 Å². The van der Waals surface area contributed by atoms with Crippen LogP contribution in [0.1, 0.15) is 17.7 Å². The molecule has 3 aromatic rings. The van der Waals surface area contributed by atoms with Crippen molar-refractivity contribution in [2.24, 2.45) is 4.99 Å². The maximum absolute atomic E-state index is 13.0. The molecule has 0 saturated carbocycles. The third-order valence-corrected chi connectivity index (χ3v) is 9.02. The third kappa shape index (κ3) is 3.79. The highest BCUT2D eigenvalue weighted by Gasteiger charge is 2.27. The van der Waals surface area contributed by atoms with Gasteiger partial charge < -0.3 is 10.1 Å². The van der Waals surface area contributed by atoms with Crippen molar-refractivity contribution < 1.29 is 18.3 Å². The highest BCUT2D eigenvalue weighted by molar-refractivity contribution is 8.15. The fraction of sp³-hybridized carbons (Fsp3) is 0.263. The van der Waals surface area contributed by atoms with Crippen molar-refractivity contribution in [2.75, 3.05) is 17.9 Å². The van der Waals surface area contributed by atoms with Crippen molar-refractivity contribution in [1.29, 1.82) is 0 Å². The number of hydrogen-bond acceptors (Lipinski definition) is 6. The second-order valence-electron chi connectivity index (χ2n) is 6.82. The van der Waals surface area contributed by atoms with E-state index in [9.17, 15) is 13.2 Å². The van der Waals surface area contributed by atoms with Crippen LogP contribution in [0.15, 0.2) is 44.9 Å². The van der Waals surface area contributed by atoms with Gasteiger partial charge in [0, 0.05) is 17.7 Å². The van der Waals surface area contributed by atoms with E-state index >= 15 is 0 Å². The Kier molecular flexibility index (Phi) is 5.18. The number of anilines is 1. The van der Waals surface area contributed by atoms with Crippen LogP contribution in [0.3, 0.4) is 0 Å². The zero-order valence-electron chi connectivity index (χ0n) is 15.7. The van der Waals surface area contributed by atoms with Crippen LogP contribution in [0.25, 0.3) is 10.9 Å². The summed E-state index contributed by atoms with van der Waals surface area (Å²) in [6.07, 6.45) is 0.0596. The first kappa shape index (κ1) is 20.0. The number of aliphatic carboxylic acids is 1. The van der Waals surface area contributed by atoms with Crippen molar-refractivity contribution in [2.45, 2.75) is 22.8 Å². The summed E-state index contributed by atoms with van der Waals surface area (Å²) in [6, 6.07) is 9.07. The number of nitrogens with zero attached hydrogens (tertiary/aromatic N) is 2. The minimum absolute atomic E-state index is 0.0596. The predicted molar refractivity (Wildman–Crippen MR) is 118 cm³/mol. The number of rotatable bonds is 6. The van der Waals surface area contributed by atoms with E-state index in [-0.39, 0.29) is 15.9 Å². The van der Waals surface area contributed by atoms with Gasteiger partial charge in [0.1, 0.15) is 9.25 Å². The molecule has 10 heteroatoms. The van der Waals surface area contributed by atoms with E-state index in [1.165, 1.54) is 27.4 Å². The average Bonchev–Trinajstić information content (AvgIpc) is 3.39. The monoisotopic (exact) mass is 449 g/mol. The Hall–Kier alpha value is -2.30. The maximum atomic E-state index is 13.0. The average molecular weight is 450 g/mol. The molecule has 1 unspecified atom stereocenters. The summed E-state index contributed by atoms with van der Waals surface area (Å²) in [7, 11) is -2.11. The summed E-state index contributed by atoms with van der Waals surface area (Å²) < 4.78 is 27.6. The van der Waals surface area contributed by atoms with Gasteiger partial charge in [0.25, 0.3) is 10.0 Å². The maximum Gasteiger partial charge on any atom is 0.304 e. The molecule has 1 aliphatic rings. The summed E-state index contributed by atoms with van der Waals surface area (Å²) in [5, 5.41) is 12.3. The molecule has 0 saturated heterocycles. The number of sulfonamides is 1. The summed E-state index contributed by atoms with van der Waals surface area (Å²) in [6.45, 7) is 2.38. The molecule has 3 heterocycles. The van der Waals surface area contributed by atoms with Gasteiger partial charge in [-0.2, -0.15) is 0 Å². The first-order valence-corrected chi connectivity index (χ1v) is 12.0. The van der Waals surface area contributed by atoms with Gasteiger partial charge in [0.05, 0.1) is 29.9 Å². The van der Waals surface area contributed by atoms with E-state index in [2.05, 4.69) is 9.98 Å². The minimum Gasteiger partial charge on any atom is -0.481 e. The lowest BCUT2D eigenvalue weighted by Gasteiger charge is -2.20. The molecule has 2 N–H and O–H groups in total. The lowest BCUT2D eigenvalue weighted by molar-refractivity contribution is -0.136. The normalized spacial score (nSPS) is 16.9. The van der Waals surface area contributed by atoms with Gasteiger partial charge in [0.2, 0.25) is 0 Å². The molecular formula is C19H19N3O4S3. The standard InChI is InChI=1S/C19H19N3O4S3/c1-11-6-12-8-14(19-20-10-13(28-19)9-16(23)24)21-18(12)15(7-11)22(2)29(25,26)17-4-3-5-27-17/h3-8,13,21H,9-10H2,1-2H3,(H,23,24). The topological polar surface area (TPSA) is 103 Å². The fourth-order valence-electron chi connectivity index (χ4n) is 3.28. The minimum atomic E-state index is -3.66. The lowest BCUT2D eigenvalue weighted by Crippen LogP contribution is -2.26. The number of thioether (sulfide) groups is 1. The number of aryl methyl sites for hydroxylation is 1. The van der Waals surface area contributed by atoms with Crippen LogP contribution in [0.5, 0.6) is 0 Å². The molecule has 29 heavy (non-hydrogen) atoms. The van der Waals surface area contributed by atoms with Gasteiger partial charge in [-0.15, -0.1) is 11.3 Å². The number of carboxylic acid groups (broad SMARTS) is 1. The molecule has 0 fully saturated rings. The molecule has 0 radical (unpaired) electrons. The van der Waals surface area contributed by atoms with E-state index in [0.29, 0.717) is 17.7 Å². The van der Waals surface area contributed by atoms with E-state index in [1.54, 1.807) is 24.6 Å². The number of aromatic nitrogens is 1. The number of fused-ring (bicyclic) bond motifs is 1. The van der Waals surface area contributed by atoms with E-state index < -0.39 is 16.0 Å². The number of carbonyl (C=O) groups is 1. The van der Waals surface area contributed by atoms with E-state index in [0.717, 1.165) is 21.7 Å². The van der Waals surface area contributed by atoms with Gasteiger partial charge in [-0.1, -0.05) is 17.8 Å². The first-order chi connectivity index (χ1) is 13.8. The lowest BCUT2D eigenvalue weighted by atomic mass is 10.1. The van der Waals surface area contributed by atoms with Crippen LogP contribution in [0.4, 0.5) is 5.69 Å². The van der Waals surface area contributed by atoms with Crippen molar-refractivity contribution >= 4 is 60.7 Å². The Morgan fingerprint density at radius 2 is 2.17 bits per heavy atom. The Labute approximate surface area is 176 Å². The fourth-order valence-corrected chi connectivity index (χ4v) is 6.71. The highest BCUT2D eigenvalue weighted by Crippen LogP contribution is 2.35. The van der Waals surface area contributed by atoms with Crippen LogP contribution in [0.2, 0.25) is 0 Å². The van der Waals surface area contributed by atoms with Gasteiger partial charge in [-0.05, 0) is 42.1 Å². The molecule has 2 aromatic heterocycles. The third-order valence-electron chi connectivity index (χ3n) is 4.65. The molecule has 0 bridgehead atoms. The van der Waals surface area contributed by atoms with Crippen LogP contribution >= 0.6 is 23.1 Å². The van der Waals surface area contributed by atoms with Gasteiger partial charge in [0.15, 0.2) is 0 Å². The zero-order chi connectivity index (χ0) is 20.8. The second-order valence-corrected chi connectivity index (χ2v) is 11.3. The molecule has 0 amide bonds. The number of thiophene rings is 1. The first-order valence-electron chi connectivity index (χ1n) is 8.85. The van der Waals surface area contributed by atoms with Gasteiger partial charge >= 0.3 is 5.97 Å². The quantitative estimate of drug-likeness (QED) is 0.597. The zero-order valence-corrected chi connectivity index (χ0v) is 18.2. The van der Waals surface area contributed by atoms with Crippen molar-refractivity contribution in [3.63, 3.8) is 0 Å². The van der Waals surface area contributed by atoms with Gasteiger partial charge in [-0.3, -0.25) is 14.1 Å². The summed E-state index contributed by atoms with van der Waals surface area (Å²) in [4.78, 5) is 18.7. The molecule has 0 spiro atoms. The Balaban J connectivity index is 1.72. The molecule has 1 atom stereocenters. The number of hydrogen-bond donors (Lipinski definition) is 2. The largest absolute Gasteiger partial charge is 0.481 e. The van der Waals surface area contributed by atoms with Crippen molar-refractivity contribution in [1.82, 2.24) is 4.98 Å². The smallest absolute Gasteiger partial charge is 0.304 e. The number of carboxylic acids is 1. The highest BCUT2D eigenvalue weighted by atomic mass is 32.2. The number of aromatic amines is 1. The Morgan fingerprint density at radius 1 is 1.38 bits per heavy atom. The molecule has 152 valence electrons. The summed E-state index contributed by atoms with van der Waals surface area (Å²) in [5.41, 5.74) is 2.98. The van der Waals surface area contributed by atoms with Crippen LogP contribution in [0, 0.1) is 6.92 Å². The molecule has 1 aromatic carbocycles.